The van der Waals surface area contributed by atoms with Gasteiger partial charge in [0.05, 0.1) is 42.4 Å². The highest BCUT2D eigenvalue weighted by Gasteiger charge is 2.30. The van der Waals surface area contributed by atoms with Crippen LogP contribution in [0.3, 0.4) is 0 Å². The summed E-state index contributed by atoms with van der Waals surface area (Å²) in [4.78, 5) is 23.7. The van der Waals surface area contributed by atoms with Crippen molar-refractivity contribution in [3.63, 3.8) is 0 Å². The van der Waals surface area contributed by atoms with Crippen molar-refractivity contribution >= 4 is 17.2 Å². The van der Waals surface area contributed by atoms with Crippen molar-refractivity contribution in [3.05, 3.63) is 108 Å². The zero-order valence-corrected chi connectivity index (χ0v) is 17.3. The topological polar surface area (TPSA) is 54.9 Å². The molecule has 5 aromatic rings. The monoisotopic (exact) mass is 449 g/mol. The maximum Gasteiger partial charge on any atom is 0.416 e. The molecule has 166 valence electrons. The van der Waals surface area contributed by atoms with E-state index in [0.29, 0.717) is 0 Å². The Kier molecular flexibility index (Phi) is 5.08. The number of aromatic nitrogens is 4. The minimum atomic E-state index is -4.46. The van der Waals surface area contributed by atoms with Gasteiger partial charge in [0, 0.05) is 18.0 Å². The van der Waals surface area contributed by atoms with E-state index in [1.165, 1.54) is 12.1 Å². The summed E-state index contributed by atoms with van der Waals surface area (Å²) in [6, 6.07) is 15.5. The number of carbonyl (C=O) groups excluding carboxylic acids is 1. The summed E-state index contributed by atoms with van der Waals surface area (Å²) in [5.74, 6) is -0.388. The van der Waals surface area contributed by atoms with E-state index in [9.17, 15) is 18.0 Å². The summed E-state index contributed by atoms with van der Waals surface area (Å²) < 4.78 is 42.6. The second-order valence-electron chi connectivity index (χ2n) is 7.59. The smallest absolute Gasteiger partial charge is 0.327 e. The Hall–Kier alpha value is -4.14. The van der Waals surface area contributed by atoms with E-state index in [0.717, 1.165) is 34.8 Å². The van der Waals surface area contributed by atoms with E-state index in [-0.39, 0.29) is 24.6 Å². The van der Waals surface area contributed by atoms with E-state index in [1.54, 1.807) is 17.3 Å². The van der Waals surface area contributed by atoms with Gasteiger partial charge in [-0.15, -0.1) is 0 Å². The first-order chi connectivity index (χ1) is 15.9. The largest absolute Gasteiger partial charge is 0.416 e. The Balaban J connectivity index is 1.50. The number of hydrogen-bond donors (Lipinski definition) is 0. The van der Waals surface area contributed by atoms with Gasteiger partial charge in [-0.25, -0.2) is 9.97 Å². The van der Waals surface area contributed by atoms with E-state index in [4.69, 9.17) is 0 Å². The molecule has 1 aromatic carbocycles. The SMILES string of the molecule is O=C(c1ccc(C(F)(F)F)cc1)N(Cc1cnc2ccccn12)Cc1cnc2ccccn12. The summed E-state index contributed by atoms with van der Waals surface area (Å²) >= 11 is 0. The molecule has 0 aliphatic rings. The fraction of sp³-hybridized carbons (Fsp3) is 0.125. The second-order valence-corrected chi connectivity index (χ2v) is 7.59. The lowest BCUT2D eigenvalue weighted by molar-refractivity contribution is -0.137. The van der Waals surface area contributed by atoms with Crippen LogP contribution in [0.1, 0.15) is 27.3 Å². The van der Waals surface area contributed by atoms with Crippen molar-refractivity contribution in [1.29, 1.82) is 0 Å². The van der Waals surface area contributed by atoms with Crippen LogP contribution in [0.15, 0.2) is 85.5 Å². The highest BCUT2D eigenvalue weighted by molar-refractivity contribution is 5.94. The van der Waals surface area contributed by atoms with E-state index < -0.39 is 11.7 Å². The average Bonchev–Trinajstić information content (AvgIpc) is 3.42. The standard InChI is InChI=1S/C24H18F3N5O/c25-24(26,27)18-9-7-17(8-10-18)23(33)30(15-19-13-28-21-5-1-3-11-31(19)21)16-20-14-29-22-6-2-4-12-32(20)22/h1-14H,15-16H2. The maximum atomic E-state index is 13.4. The fourth-order valence-corrected chi connectivity index (χ4v) is 3.78. The molecule has 0 saturated carbocycles. The average molecular weight is 449 g/mol. The molecule has 0 fully saturated rings. The molecule has 33 heavy (non-hydrogen) atoms. The molecule has 0 atom stereocenters. The highest BCUT2D eigenvalue weighted by Crippen LogP contribution is 2.29. The Morgan fingerprint density at radius 3 is 1.79 bits per heavy atom. The first-order valence-electron chi connectivity index (χ1n) is 10.2. The van der Waals surface area contributed by atoms with Gasteiger partial charge in [0.15, 0.2) is 0 Å². The molecule has 9 heteroatoms. The molecule has 0 aliphatic heterocycles. The minimum Gasteiger partial charge on any atom is -0.327 e. The fourth-order valence-electron chi connectivity index (χ4n) is 3.78. The van der Waals surface area contributed by atoms with Crippen LogP contribution in [0.5, 0.6) is 0 Å². The van der Waals surface area contributed by atoms with Crippen molar-refractivity contribution in [2.45, 2.75) is 19.3 Å². The normalized spacial score (nSPS) is 11.8. The first kappa shape index (κ1) is 20.7. The second kappa shape index (κ2) is 8.09. The van der Waals surface area contributed by atoms with Crippen LogP contribution < -0.4 is 0 Å². The van der Waals surface area contributed by atoms with E-state index in [1.807, 2.05) is 57.6 Å². The highest BCUT2D eigenvalue weighted by atomic mass is 19.4. The van der Waals surface area contributed by atoms with Crippen LogP contribution in [0, 0.1) is 0 Å². The quantitative estimate of drug-likeness (QED) is 0.386. The van der Waals surface area contributed by atoms with Crippen molar-refractivity contribution < 1.29 is 18.0 Å². The van der Waals surface area contributed by atoms with Gasteiger partial charge >= 0.3 is 6.18 Å². The summed E-state index contributed by atoms with van der Waals surface area (Å²) in [6.07, 6.45) is 2.63. The van der Waals surface area contributed by atoms with Gasteiger partial charge in [-0.1, -0.05) is 12.1 Å². The molecular weight excluding hydrogens is 431 g/mol. The van der Waals surface area contributed by atoms with Crippen LogP contribution in [0.25, 0.3) is 11.3 Å². The zero-order valence-electron chi connectivity index (χ0n) is 17.3. The third kappa shape index (κ3) is 4.05. The molecule has 5 rings (SSSR count). The molecule has 6 nitrogen and oxygen atoms in total. The number of fused-ring (bicyclic) bond motifs is 2. The molecule has 4 aromatic heterocycles. The van der Waals surface area contributed by atoms with Gasteiger partial charge in [0.1, 0.15) is 11.3 Å². The molecular formula is C24H18F3N5O. The van der Waals surface area contributed by atoms with Crippen molar-refractivity contribution in [3.8, 4) is 0 Å². The maximum absolute atomic E-state index is 13.4. The number of pyridine rings is 2. The van der Waals surface area contributed by atoms with E-state index in [2.05, 4.69) is 9.97 Å². The Morgan fingerprint density at radius 2 is 1.30 bits per heavy atom. The van der Waals surface area contributed by atoms with Crippen LogP contribution >= 0.6 is 0 Å². The molecule has 0 saturated heterocycles. The lowest BCUT2D eigenvalue weighted by Gasteiger charge is -2.23. The zero-order chi connectivity index (χ0) is 23.0. The molecule has 0 spiro atoms. The summed E-state index contributed by atoms with van der Waals surface area (Å²) in [7, 11) is 0. The van der Waals surface area contributed by atoms with Crippen LogP contribution in [0.2, 0.25) is 0 Å². The predicted molar refractivity (Wildman–Crippen MR) is 115 cm³/mol. The molecule has 4 heterocycles. The first-order valence-corrected chi connectivity index (χ1v) is 10.2. The minimum absolute atomic E-state index is 0.172. The molecule has 0 bridgehead atoms. The van der Waals surface area contributed by atoms with Gasteiger partial charge in [-0.3, -0.25) is 4.79 Å². The molecule has 0 unspecified atom stereocenters. The summed E-state index contributed by atoms with van der Waals surface area (Å²) in [6.45, 7) is 0.427. The number of hydrogen-bond acceptors (Lipinski definition) is 3. The number of rotatable bonds is 5. The van der Waals surface area contributed by atoms with Gasteiger partial charge < -0.3 is 13.7 Å². The number of alkyl halides is 3. The number of benzene rings is 1. The molecule has 0 aliphatic carbocycles. The number of carbonyl (C=O) groups is 1. The van der Waals surface area contributed by atoms with Crippen molar-refractivity contribution in [1.82, 2.24) is 23.7 Å². The van der Waals surface area contributed by atoms with Gasteiger partial charge in [0.25, 0.3) is 5.91 Å². The predicted octanol–water partition coefficient (Wildman–Crippen LogP) is 4.84. The Bertz CT molecular complexity index is 1360. The van der Waals surface area contributed by atoms with Gasteiger partial charge in [-0.2, -0.15) is 13.2 Å². The number of imidazole rings is 2. The lowest BCUT2D eigenvalue weighted by atomic mass is 10.1. The van der Waals surface area contributed by atoms with Crippen LogP contribution in [-0.4, -0.2) is 29.6 Å². The van der Waals surface area contributed by atoms with Crippen LogP contribution in [-0.2, 0) is 19.3 Å². The molecule has 0 N–H and O–H groups in total. The van der Waals surface area contributed by atoms with E-state index >= 15 is 0 Å². The Morgan fingerprint density at radius 1 is 0.788 bits per heavy atom. The summed E-state index contributed by atoms with van der Waals surface area (Å²) in [5, 5.41) is 0. The molecule has 0 radical (unpaired) electrons. The van der Waals surface area contributed by atoms with Crippen LogP contribution in [0.4, 0.5) is 13.2 Å². The third-order valence-corrected chi connectivity index (χ3v) is 5.44. The number of nitrogens with zero attached hydrogens (tertiary/aromatic N) is 5. The number of amides is 1. The number of halogens is 3. The third-order valence-electron chi connectivity index (χ3n) is 5.44. The van der Waals surface area contributed by atoms with Gasteiger partial charge in [-0.05, 0) is 48.5 Å². The molecule has 1 amide bonds. The van der Waals surface area contributed by atoms with Gasteiger partial charge in [0.2, 0.25) is 0 Å². The lowest BCUT2D eigenvalue weighted by Crippen LogP contribution is -2.31. The van der Waals surface area contributed by atoms with Crippen molar-refractivity contribution in [2.75, 3.05) is 0 Å². The summed E-state index contributed by atoms with van der Waals surface area (Å²) in [5.41, 5.74) is 2.41. The Labute approximate surface area is 186 Å². The van der Waals surface area contributed by atoms with Crippen molar-refractivity contribution in [2.24, 2.45) is 0 Å².